The molecule has 1 aromatic carbocycles. The third kappa shape index (κ3) is 1.57. The summed E-state index contributed by atoms with van der Waals surface area (Å²) in [5, 5.41) is 9.22. The first kappa shape index (κ1) is 9.42. The summed E-state index contributed by atoms with van der Waals surface area (Å²) in [5.74, 6) is 1.24. The van der Waals surface area contributed by atoms with Crippen molar-refractivity contribution in [1.29, 1.82) is 0 Å². The number of imidazole rings is 1. The minimum Gasteiger partial charge on any atom is -0.508 e. The molecule has 0 atom stereocenters. The molecule has 1 aliphatic rings. The lowest BCUT2D eigenvalue weighted by Crippen LogP contribution is -2.15. The second-order valence-electron chi connectivity index (χ2n) is 3.84. The van der Waals surface area contributed by atoms with E-state index in [1.165, 1.54) is 0 Å². The molecule has 16 heavy (non-hydrogen) atoms. The monoisotopic (exact) mass is 216 g/mol. The molecule has 0 radical (unpaired) electrons. The second-order valence-corrected chi connectivity index (χ2v) is 3.84. The Bertz CT molecular complexity index is 479. The van der Waals surface area contributed by atoms with E-state index in [1.54, 1.807) is 12.1 Å². The van der Waals surface area contributed by atoms with E-state index in [0.29, 0.717) is 6.61 Å². The van der Waals surface area contributed by atoms with Crippen molar-refractivity contribution in [3.8, 4) is 17.0 Å². The molecule has 0 aliphatic carbocycles. The Morgan fingerprint density at radius 1 is 1.25 bits per heavy atom. The number of aromatic hydroxyl groups is 1. The van der Waals surface area contributed by atoms with Gasteiger partial charge < -0.3 is 14.4 Å². The highest BCUT2D eigenvalue weighted by atomic mass is 16.5. The molecule has 1 N–H and O–H groups in total. The van der Waals surface area contributed by atoms with E-state index in [9.17, 15) is 5.11 Å². The summed E-state index contributed by atoms with van der Waals surface area (Å²) in [6, 6.07) is 7.07. The molecule has 4 nitrogen and oxygen atoms in total. The van der Waals surface area contributed by atoms with Crippen LogP contribution in [0.4, 0.5) is 0 Å². The van der Waals surface area contributed by atoms with Gasteiger partial charge in [0.2, 0.25) is 0 Å². The average Bonchev–Trinajstić information content (AvgIpc) is 2.73. The standard InChI is InChI=1S/C12H12N2O2/c15-10-3-1-9(2-4-10)11-7-14-5-6-16-8-12(14)13-11/h1-4,7,15H,5-6,8H2. The number of phenols is 1. The first-order chi connectivity index (χ1) is 7.83. The molecule has 0 saturated heterocycles. The van der Waals surface area contributed by atoms with Crippen molar-refractivity contribution in [1.82, 2.24) is 9.55 Å². The molecule has 0 saturated carbocycles. The summed E-state index contributed by atoms with van der Waals surface area (Å²) < 4.78 is 7.46. The van der Waals surface area contributed by atoms with Crippen LogP contribution in [0.3, 0.4) is 0 Å². The fourth-order valence-corrected chi connectivity index (χ4v) is 1.86. The smallest absolute Gasteiger partial charge is 0.135 e. The lowest BCUT2D eigenvalue weighted by molar-refractivity contribution is 0.0816. The van der Waals surface area contributed by atoms with Gasteiger partial charge in [-0.05, 0) is 24.3 Å². The van der Waals surface area contributed by atoms with Gasteiger partial charge in [-0.1, -0.05) is 0 Å². The van der Waals surface area contributed by atoms with E-state index < -0.39 is 0 Å². The Kier molecular flexibility index (Phi) is 2.15. The molecule has 2 heterocycles. The third-order valence-electron chi connectivity index (χ3n) is 2.73. The Balaban J connectivity index is 2.00. The van der Waals surface area contributed by atoms with Gasteiger partial charge in [0.05, 0.1) is 12.3 Å². The number of rotatable bonds is 1. The molecule has 0 fully saturated rings. The maximum Gasteiger partial charge on any atom is 0.135 e. The molecule has 0 bridgehead atoms. The molecule has 0 amide bonds. The number of aromatic nitrogens is 2. The number of phenolic OH excluding ortho intramolecular Hbond substituents is 1. The summed E-state index contributed by atoms with van der Waals surface area (Å²) in [4.78, 5) is 4.51. The van der Waals surface area contributed by atoms with Gasteiger partial charge in [0.25, 0.3) is 0 Å². The van der Waals surface area contributed by atoms with E-state index in [1.807, 2.05) is 18.3 Å². The van der Waals surface area contributed by atoms with Crippen LogP contribution >= 0.6 is 0 Å². The zero-order valence-electron chi connectivity index (χ0n) is 8.76. The van der Waals surface area contributed by atoms with Crippen LogP contribution in [-0.2, 0) is 17.9 Å². The molecule has 0 unspecified atom stereocenters. The number of hydrogen-bond acceptors (Lipinski definition) is 3. The van der Waals surface area contributed by atoms with Crippen LogP contribution in [0.1, 0.15) is 5.82 Å². The predicted octanol–water partition coefficient (Wildman–Crippen LogP) is 1.79. The number of benzene rings is 1. The minimum absolute atomic E-state index is 0.274. The largest absolute Gasteiger partial charge is 0.508 e. The molecular formula is C12H12N2O2. The summed E-state index contributed by atoms with van der Waals surface area (Å²) in [5.41, 5.74) is 1.94. The van der Waals surface area contributed by atoms with Gasteiger partial charge >= 0.3 is 0 Å². The summed E-state index contributed by atoms with van der Waals surface area (Å²) in [6.07, 6.45) is 2.03. The first-order valence-corrected chi connectivity index (χ1v) is 5.26. The van der Waals surface area contributed by atoms with E-state index in [2.05, 4.69) is 9.55 Å². The molecule has 1 aliphatic heterocycles. The number of nitrogens with zero attached hydrogens (tertiary/aromatic N) is 2. The SMILES string of the molecule is Oc1ccc(-c2cn3c(n2)COCC3)cc1. The first-order valence-electron chi connectivity index (χ1n) is 5.26. The van der Waals surface area contributed by atoms with Crippen LogP contribution in [0, 0.1) is 0 Å². The van der Waals surface area contributed by atoms with Gasteiger partial charge in [0.15, 0.2) is 0 Å². The molecule has 2 aromatic rings. The predicted molar refractivity (Wildman–Crippen MR) is 59.0 cm³/mol. The van der Waals surface area contributed by atoms with Gasteiger partial charge in [-0.2, -0.15) is 0 Å². The van der Waals surface area contributed by atoms with Crippen molar-refractivity contribution in [2.75, 3.05) is 6.61 Å². The van der Waals surface area contributed by atoms with E-state index >= 15 is 0 Å². The molecular weight excluding hydrogens is 204 g/mol. The Hall–Kier alpha value is -1.81. The van der Waals surface area contributed by atoms with Crippen LogP contribution in [0.25, 0.3) is 11.3 Å². The van der Waals surface area contributed by atoms with Crippen LogP contribution in [0.15, 0.2) is 30.5 Å². The van der Waals surface area contributed by atoms with E-state index in [-0.39, 0.29) is 5.75 Å². The third-order valence-corrected chi connectivity index (χ3v) is 2.73. The number of fused-ring (bicyclic) bond motifs is 1. The fraction of sp³-hybridized carbons (Fsp3) is 0.250. The van der Waals surface area contributed by atoms with Crippen molar-refractivity contribution in [3.63, 3.8) is 0 Å². The lowest BCUT2D eigenvalue weighted by atomic mass is 10.2. The van der Waals surface area contributed by atoms with E-state index in [0.717, 1.165) is 30.2 Å². The molecule has 1 aromatic heterocycles. The van der Waals surface area contributed by atoms with E-state index in [4.69, 9.17) is 4.74 Å². The van der Waals surface area contributed by atoms with Gasteiger partial charge in [0.1, 0.15) is 18.2 Å². The van der Waals surface area contributed by atoms with Gasteiger partial charge in [-0.15, -0.1) is 0 Å². The molecule has 3 rings (SSSR count). The zero-order chi connectivity index (χ0) is 11.0. The second kappa shape index (κ2) is 3.64. The Labute approximate surface area is 93.1 Å². The molecule has 82 valence electrons. The van der Waals surface area contributed by atoms with Crippen LogP contribution in [0.5, 0.6) is 5.75 Å². The van der Waals surface area contributed by atoms with Crippen LogP contribution in [-0.4, -0.2) is 21.3 Å². The fourth-order valence-electron chi connectivity index (χ4n) is 1.86. The highest BCUT2D eigenvalue weighted by molar-refractivity contribution is 5.59. The van der Waals surface area contributed by atoms with Crippen molar-refractivity contribution >= 4 is 0 Å². The molecule has 0 spiro atoms. The maximum absolute atomic E-state index is 9.22. The highest BCUT2D eigenvalue weighted by Crippen LogP contribution is 2.22. The average molecular weight is 216 g/mol. The highest BCUT2D eigenvalue weighted by Gasteiger charge is 2.13. The topological polar surface area (TPSA) is 47.3 Å². The van der Waals surface area contributed by atoms with Crippen molar-refractivity contribution in [3.05, 3.63) is 36.3 Å². The van der Waals surface area contributed by atoms with Crippen LogP contribution in [0.2, 0.25) is 0 Å². The Morgan fingerprint density at radius 2 is 2.06 bits per heavy atom. The van der Waals surface area contributed by atoms with Gasteiger partial charge in [-0.3, -0.25) is 0 Å². The quantitative estimate of drug-likeness (QED) is 0.790. The summed E-state index contributed by atoms with van der Waals surface area (Å²) in [7, 11) is 0. The Morgan fingerprint density at radius 3 is 2.81 bits per heavy atom. The summed E-state index contributed by atoms with van der Waals surface area (Å²) >= 11 is 0. The van der Waals surface area contributed by atoms with Crippen molar-refractivity contribution < 1.29 is 9.84 Å². The maximum atomic E-state index is 9.22. The lowest BCUT2D eigenvalue weighted by Gasteiger charge is -2.13. The zero-order valence-corrected chi connectivity index (χ0v) is 8.76. The van der Waals surface area contributed by atoms with Crippen molar-refractivity contribution in [2.45, 2.75) is 13.2 Å². The van der Waals surface area contributed by atoms with Crippen molar-refractivity contribution in [2.24, 2.45) is 0 Å². The number of ether oxygens (including phenoxy) is 1. The number of hydrogen-bond donors (Lipinski definition) is 1. The summed E-state index contributed by atoms with van der Waals surface area (Å²) in [6.45, 7) is 2.19. The van der Waals surface area contributed by atoms with Crippen LogP contribution < -0.4 is 0 Å². The molecule has 4 heteroatoms. The normalized spacial score (nSPS) is 14.8. The van der Waals surface area contributed by atoms with Gasteiger partial charge in [0, 0.05) is 18.3 Å². The minimum atomic E-state index is 0.274. The van der Waals surface area contributed by atoms with Gasteiger partial charge in [-0.25, -0.2) is 4.98 Å².